The summed E-state index contributed by atoms with van der Waals surface area (Å²) in [4.78, 5) is 18.7. The molecule has 0 spiro atoms. The van der Waals surface area contributed by atoms with Gasteiger partial charge in [0.2, 0.25) is 5.91 Å². The molecule has 0 bridgehead atoms. The molecular weight excluding hydrogens is 318 g/mol. The molecule has 0 unspecified atom stereocenters. The first kappa shape index (κ1) is 15.5. The molecule has 1 amide bonds. The van der Waals surface area contributed by atoms with Crippen LogP contribution < -0.4 is 10.2 Å². The highest BCUT2D eigenvalue weighted by Gasteiger charge is 2.26. The topological polar surface area (TPSA) is 88.3 Å². The Hall–Kier alpha value is -3.03. The number of anilines is 1. The van der Waals surface area contributed by atoms with E-state index in [9.17, 15) is 4.79 Å². The highest BCUT2D eigenvalue weighted by Crippen LogP contribution is 2.22. The van der Waals surface area contributed by atoms with Crippen LogP contribution in [0, 0.1) is 5.92 Å². The first-order valence-electron chi connectivity index (χ1n) is 8.38. The zero-order valence-corrected chi connectivity index (χ0v) is 13.7. The summed E-state index contributed by atoms with van der Waals surface area (Å²) in [7, 11) is 0. The van der Waals surface area contributed by atoms with Crippen molar-refractivity contribution in [3.05, 3.63) is 48.5 Å². The fourth-order valence-corrected chi connectivity index (χ4v) is 3.12. The zero-order chi connectivity index (χ0) is 17.1. The lowest BCUT2D eigenvalue weighted by atomic mass is 9.97. The van der Waals surface area contributed by atoms with Crippen LogP contribution in [0.5, 0.6) is 0 Å². The van der Waals surface area contributed by atoms with Crippen LogP contribution in [-0.2, 0) is 11.3 Å². The van der Waals surface area contributed by atoms with Gasteiger partial charge >= 0.3 is 0 Å². The summed E-state index contributed by atoms with van der Waals surface area (Å²) in [5.74, 6) is 0.889. The Balaban J connectivity index is 1.40. The third-order valence-electron chi connectivity index (χ3n) is 4.45. The van der Waals surface area contributed by atoms with E-state index in [0.717, 1.165) is 30.8 Å². The van der Waals surface area contributed by atoms with Crippen LogP contribution >= 0.6 is 0 Å². The Morgan fingerprint density at radius 1 is 1.32 bits per heavy atom. The maximum atomic E-state index is 12.5. The maximum Gasteiger partial charge on any atom is 0.225 e. The molecule has 0 aromatic carbocycles. The lowest BCUT2D eigenvalue weighted by molar-refractivity contribution is -0.125. The molecule has 3 aromatic heterocycles. The molecule has 0 saturated carbocycles. The summed E-state index contributed by atoms with van der Waals surface area (Å²) in [5.41, 5.74) is 1.72. The lowest BCUT2D eigenvalue weighted by Crippen LogP contribution is -2.43. The number of rotatable bonds is 4. The van der Waals surface area contributed by atoms with Crippen LogP contribution in [0.2, 0.25) is 0 Å². The van der Waals surface area contributed by atoms with Gasteiger partial charge in [0, 0.05) is 32.0 Å². The number of amides is 1. The molecule has 4 heterocycles. The van der Waals surface area contributed by atoms with Gasteiger partial charge in [-0.2, -0.15) is 4.52 Å². The van der Waals surface area contributed by atoms with Crippen molar-refractivity contribution in [3.8, 4) is 0 Å². The zero-order valence-electron chi connectivity index (χ0n) is 13.7. The van der Waals surface area contributed by atoms with Gasteiger partial charge in [-0.05, 0) is 36.6 Å². The predicted molar refractivity (Wildman–Crippen MR) is 91.8 cm³/mol. The minimum absolute atomic E-state index is 0.0381. The molecule has 8 nitrogen and oxygen atoms in total. The number of hydrogen-bond acceptors (Lipinski definition) is 6. The van der Waals surface area contributed by atoms with E-state index in [0.29, 0.717) is 18.7 Å². The number of fused-ring (bicyclic) bond motifs is 1. The van der Waals surface area contributed by atoms with Gasteiger partial charge in [0.15, 0.2) is 5.65 Å². The smallest absolute Gasteiger partial charge is 0.225 e. The van der Waals surface area contributed by atoms with E-state index < -0.39 is 0 Å². The molecule has 1 saturated heterocycles. The fourth-order valence-electron chi connectivity index (χ4n) is 3.12. The van der Waals surface area contributed by atoms with Crippen LogP contribution in [0.1, 0.15) is 18.4 Å². The second-order valence-electron chi connectivity index (χ2n) is 6.19. The molecule has 3 aromatic rings. The molecule has 25 heavy (non-hydrogen) atoms. The number of piperidine rings is 1. The van der Waals surface area contributed by atoms with E-state index >= 15 is 0 Å². The quantitative estimate of drug-likeness (QED) is 0.766. The minimum Gasteiger partial charge on any atom is -0.354 e. The fraction of sp³-hybridized carbons (Fsp3) is 0.353. The summed E-state index contributed by atoms with van der Waals surface area (Å²) in [6, 6.07) is 7.65. The van der Waals surface area contributed by atoms with Gasteiger partial charge in [-0.25, -0.2) is 0 Å². The van der Waals surface area contributed by atoms with E-state index in [1.165, 1.54) is 0 Å². The Morgan fingerprint density at radius 2 is 2.28 bits per heavy atom. The summed E-state index contributed by atoms with van der Waals surface area (Å²) in [5, 5.41) is 15.3. The SMILES string of the molecule is O=C(NCc1cccnc1)[C@@H]1CCCN(c2ccc3nncn3n2)C1. The van der Waals surface area contributed by atoms with Gasteiger partial charge in [-0.3, -0.25) is 9.78 Å². The first-order chi connectivity index (χ1) is 12.3. The van der Waals surface area contributed by atoms with E-state index in [2.05, 4.69) is 30.5 Å². The Labute approximate surface area is 144 Å². The molecule has 0 radical (unpaired) electrons. The number of aromatic nitrogens is 5. The van der Waals surface area contributed by atoms with Crippen molar-refractivity contribution in [2.24, 2.45) is 5.92 Å². The predicted octanol–water partition coefficient (Wildman–Crippen LogP) is 1.05. The van der Waals surface area contributed by atoms with Crippen molar-refractivity contribution >= 4 is 17.4 Å². The summed E-state index contributed by atoms with van der Waals surface area (Å²) in [6.45, 7) is 2.07. The highest BCUT2D eigenvalue weighted by molar-refractivity contribution is 5.79. The number of hydrogen-bond donors (Lipinski definition) is 1. The van der Waals surface area contributed by atoms with E-state index in [1.54, 1.807) is 23.2 Å². The summed E-state index contributed by atoms with van der Waals surface area (Å²) >= 11 is 0. The molecule has 1 aliphatic rings. The Bertz CT molecular complexity index is 864. The molecule has 1 N–H and O–H groups in total. The minimum atomic E-state index is -0.0381. The first-order valence-corrected chi connectivity index (χ1v) is 8.38. The standard InChI is InChI=1S/C17H19N7O/c25-17(19-10-13-3-1-7-18-9-13)14-4-2-8-23(11-14)16-6-5-15-21-20-12-24(15)22-16/h1,3,5-7,9,12,14H,2,4,8,10-11H2,(H,19,25)/t14-/m1/s1. The third-order valence-corrected chi connectivity index (χ3v) is 4.45. The molecule has 1 aliphatic heterocycles. The van der Waals surface area contributed by atoms with Crippen LogP contribution in [0.25, 0.3) is 5.65 Å². The third kappa shape index (κ3) is 3.42. The van der Waals surface area contributed by atoms with E-state index in [-0.39, 0.29) is 11.8 Å². The molecule has 4 rings (SSSR count). The number of pyridine rings is 1. The lowest BCUT2D eigenvalue weighted by Gasteiger charge is -2.32. The van der Waals surface area contributed by atoms with Gasteiger partial charge in [0.1, 0.15) is 12.1 Å². The van der Waals surface area contributed by atoms with Crippen molar-refractivity contribution < 1.29 is 4.79 Å². The van der Waals surface area contributed by atoms with E-state index in [4.69, 9.17) is 0 Å². The van der Waals surface area contributed by atoms with Crippen LogP contribution in [0.15, 0.2) is 43.0 Å². The molecule has 8 heteroatoms. The normalized spacial score (nSPS) is 17.6. The second kappa shape index (κ2) is 6.84. The van der Waals surface area contributed by atoms with Crippen LogP contribution in [0.4, 0.5) is 5.82 Å². The number of nitrogens with zero attached hydrogens (tertiary/aromatic N) is 6. The van der Waals surface area contributed by atoms with Gasteiger partial charge in [-0.15, -0.1) is 15.3 Å². The van der Waals surface area contributed by atoms with E-state index in [1.807, 2.05) is 24.3 Å². The van der Waals surface area contributed by atoms with Gasteiger partial charge in [0.05, 0.1) is 5.92 Å². The van der Waals surface area contributed by atoms with Crippen LogP contribution in [-0.4, -0.2) is 43.8 Å². The molecule has 0 aliphatic carbocycles. The van der Waals surface area contributed by atoms with Crippen molar-refractivity contribution in [2.45, 2.75) is 19.4 Å². The molecular formula is C17H19N7O. The Kier molecular flexibility index (Phi) is 4.24. The van der Waals surface area contributed by atoms with Crippen molar-refractivity contribution in [1.82, 2.24) is 30.1 Å². The number of carbonyl (C=O) groups is 1. The number of nitrogens with one attached hydrogen (secondary N) is 1. The van der Waals surface area contributed by atoms with Crippen molar-refractivity contribution in [3.63, 3.8) is 0 Å². The summed E-state index contributed by atoms with van der Waals surface area (Å²) < 4.78 is 1.65. The van der Waals surface area contributed by atoms with Gasteiger partial charge in [-0.1, -0.05) is 6.07 Å². The molecule has 128 valence electrons. The van der Waals surface area contributed by atoms with Crippen molar-refractivity contribution in [2.75, 3.05) is 18.0 Å². The highest BCUT2D eigenvalue weighted by atomic mass is 16.1. The van der Waals surface area contributed by atoms with Gasteiger partial charge in [0.25, 0.3) is 0 Å². The van der Waals surface area contributed by atoms with Gasteiger partial charge < -0.3 is 10.2 Å². The Morgan fingerprint density at radius 3 is 3.16 bits per heavy atom. The molecule has 1 fully saturated rings. The maximum absolute atomic E-state index is 12.5. The average molecular weight is 337 g/mol. The van der Waals surface area contributed by atoms with Crippen LogP contribution in [0.3, 0.4) is 0 Å². The largest absolute Gasteiger partial charge is 0.354 e. The second-order valence-corrected chi connectivity index (χ2v) is 6.19. The monoisotopic (exact) mass is 337 g/mol. The summed E-state index contributed by atoms with van der Waals surface area (Å²) in [6.07, 6.45) is 6.94. The average Bonchev–Trinajstić information content (AvgIpc) is 3.15. The molecule has 1 atom stereocenters. The van der Waals surface area contributed by atoms with Crippen molar-refractivity contribution in [1.29, 1.82) is 0 Å². The number of carbonyl (C=O) groups excluding carboxylic acids is 1.